The number of benzene rings is 2. The molecule has 2 aliphatic rings. The van der Waals surface area contributed by atoms with Crippen molar-refractivity contribution >= 4 is 5.78 Å². The third-order valence-corrected chi connectivity index (χ3v) is 5.52. The third-order valence-electron chi connectivity index (χ3n) is 5.52. The van der Waals surface area contributed by atoms with Gasteiger partial charge in [-0.15, -0.1) is 8.78 Å². The maximum Gasteiger partial charge on any atom is 0.586 e. The number of nitrogens with zero attached hydrogens (tertiary/aromatic N) is 1. The fourth-order valence-corrected chi connectivity index (χ4v) is 3.75. The summed E-state index contributed by atoms with van der Waals surface area (Å²) >= 11 is 0. The van der Waals surface area contributed by atoms with Crippen LogP contribution in [-0.2, 0) is 10.2 Å². The molecule has 2 heterocycles. The van der Waals surface area contributed by atoms with Gasteiger partial charge < -0.3 is 9.47 Å². The molecule has 0 bridgehead atoms. The van der Waals surface area contributed by atoms with Gasteiger partial charge in [0.15, 0.2) is 11.5 Å². The Balaban J connectivity index is 0.000000158. The van der Waals surface area contributed by atoms with Crippen LogP contribution in [0.2, 0.25) is 0 Å². The second kappa shape index (κ2) is 8.10. The van der Waals surface area contributed by atoms with E-state index in [9.17, 15) is 13.6 Å². The van der Waals surface area contributed by atoms with Crippen molar-refractivity contribution in [1.29, 1.82) is 0 Å². The van der Waals surface area contributed by atoms with E-state index in [2.05, 4.69) is 26.6 Å². The predicted molar refractivity (Wildman–Crippen MR) is 113 cm³/mol. The number of rotatable bonds is 4. The SMILES string of the molecule is CCC(=O)C1(c2ccc3c(c2)OC(F)(F)O3)CC1.Cc1cccc(-c2ccccc2)n1. The lowest BCUT2D eigenvalue weighted by atomic mass is 9.90. The Labute approximate surface area is 179 Å². The van der Waals surface area contributed by atoms with Crippen molar-refractivity contribution in [2.24, 2.45) is 0 Å². The van der Waals surface area contributed by atoms with Crippen LogP contribution in [0.1, 0.15) is 37.4 Å². The number of aromatic nitrogens is 1. The fourth-order valence-electron chi connectivity index (χ4n) is 3.75. The zero-order valence-corrected chi connectivity index (χ0v) is 17.4. The Hall–Kier alpha value is -3.28. The van der Waals surface area contributed by atoms with Crippen molar-refractivity contribution in [2.75, 3.05) is 0 Å². The van der Waals surface area contributed by atoms with Crippen LogP contribution in [0.25, 0.3) is 11.3 Å². The number of ether oxygens (including phenoxy) is 2. The molecule has 1 aliphatic carbocycles. The molecule has 31 heavy (non-hydrogen) atoms. The van der Waals surface area contributed by atoms with E-state index in [4.69, 9.17) is 0 Å². The number of hydrogen-bond donors (Lipinski definition) is 0. The molecule has 1 aromatic heterocycles. The fraction of sp³-hybridized carbons (Fsp3) is 0.280. The van der Waals surface area contributed by atoms with E-state index in [1.807, 2.05) is 50.2 Å². The molecule has 1 saturated carbocycles. The summed E-state index contributed by atoms with van der Waals surface area (Å²) in [7, 11) is 0. The van der Waals surface area contributed by atoms with Gasteiger partial charge in [-0.1, -0.05) is 49.4 Å². The van der Waals surface area contributed by atoms with Gasteiger partial charge in [0, 0.05) is 17.7 Å². The molecular formula is C25H23F2NO3. The van der Waals surface area contributed by atoms with E-state index in [-0.39, 0.29) is 17.3 Å². The standard InChI is InChI=1S/C13H12F2O3.C12H11N/c1-2-11(16)12(5-6-12)8-3-4-9-10(7-8)18-13(14,15)17-9;1-10-6-5-9-12(13-10)11-7-3-2-4-8-11/h3-4,7H,2,5-6H2,1H3;2-9H,1H3. The lowest BCUT2D eigenvalue weighted by molar-refractivity contribution is -0.286. The van der Waals surface area contributed by atoms with Crippen LogP contribution >= 0.6 is 0 Å². The quantitative estimate of drug-likeness (QED) is 0.511. The third kappa shape index (κ3) is 4.43. The first-order valence-electron chi connectivity index (χ1n) is 10.3. The van der Waals surface area contributed by atoms with E-state index >= 15 is 0 Å². The molecule has 160 valence electrons. The number of carbonyl (C=O) groups excluding carboxylic acids is 1. The normalized spacial score (nSPS) is 16.8. The molecule has 1 aliphatic heterocycles. The first kappa shape index (κ1) is 21.0. The van der Waals surface area contributed by atoms with Crippen LogP contribution in [0.5, 0.6) is 11.5 Å². The average molecular weight is 423 g/mol. The second-order valence-electron chi connectivity index (χ2n) is 7.72. The second-order valence-corrected chi connectivity index (χ2v) is 7.72. The molecule has 2 aromatic carbocycles. The summed E-state index contributed by atoms with van der Waals surface area (Å²) in [5.41, 5.74) is 3.54. The van der Waals surface area contributed by atoms with E-state index < -0.39 is 11.7 Å². The first-order chi connectivity index (χ1) is 14.8. The number of ketones is 1. The number of pyridine rings is 1. The minimum atomic E-state index is -3.60. The molecule has 3 aromatic rings. The summed E-state index contributed by atoms with van der Waals surface area (Å²) in [5, 5.41) is 0. The van der Waals surface area contributed by atoms with Crippen molar-refractivity contribution in [3.63, 3.8) is 0 Å². The number of aryl methyl sites for hydroxylation is 1. The number of halogens is 2. The number of fused-ring (bicyclic) bond motifs is 1. The van der Waals surface area contributed by atoms with Crippen LogP contribution in [0.4, 0.5) is 8.78 Å². The number of Topliss-reactive ketones (excluding diaryl/α,β-unsaturated/α-hetero) is 1. The molecule has 5 rings (SSSR count). The molecular weight excluding hydrogens is 400 g/mol. The number of carbonyl (C=O) groups is 1. The largest absolute Gasteiger partial charge is 0.586 e. The molecule has 0 amide bonds. The highest BCUT2D eigenvalue weighted by atomic mass is 19.3. The first-order valence-corrected chi connectivity index (χ1v) is 10.3. The van der Waals surface area contributed by atoms with Crippen molar-refractivity contribution in [3.05, 3.63) is 78.0 Å². The van der Waals surface area contributed by atoms with Crippen molar-refractivity contribution in [2.45, 2.75) is 44.8 Å². The van der Waals surface area contributed by atoms with Gasteiger partial charge in [0.05, 0.1) is 11.1 Å². The summed E-state index contributed by atoms with van der Waals surface area (Å²) in [6.45, 7) is 3.82. The molecule has 0 atom stereocenters. The van der Waals surface area contributed by atoms with Gasteiger partial charge in [-0.2, -0.15) is 0 Å². The highest BCUT2D eigenvalue weighted by molar-refractivity contribution is 5.93. The smallest absolute Gasteiger partial charge is 0.395 e. The van der Waals surface area contributed by atoms with Crippen molar-refractivity contribution in [3.8, 4) is 22.8 Å². The van der Waals surface area contributed by atoms with Crippen LogP contribution in [0.15, 0.2) is 66.7 Å². The average Bonchev–Trinajstić information content (AvgIpc) is 3.51. The molecule has 0 N–H and O–H groups in total. The molecule has 0 radical (unpaired) electrons. The lowest BCUT2D eigenvalue weighted by Crippen LogP contribution is -2.26. The predicted octanol–water partition coefficient (Wildman–Crippen LogP) is 6.08. The Bertz CT molecular complexity index is 1090. The van der Waals surface area contributed by atoms with Gasteiger partial charge in [-0.3, -0.25) is 9.78 Å². The van der Waals surface area contributed by atoms with E-state index in [1.165, 1.54) is 17.7 Å². The molecule has 0 spiro atoms. The lowest BCUT2D eigenvalue weighted by Gasteiger charge is -2.13. The number of alkyl halides is 2. The Kier molecular flexibility index (Phi) is 5.48. The van der Waals surface area contributed by atoms with Crippen LogP contribution in [-0.4, -0.2) is 17.1 Å². The van der Waals surface area contributed by atoms with Crippen LogP contribution in [0, 0.1) is 6.92 Å². The van der Waals surface area contributed by atoms with Gasteiger partial charge in [0.25, 0.3) is 0 Å². The van der Waals surface area contributed by atoms with Gasteiger partial charge >= 0.3 is 6.29 Å². The van der Waals surface area contributed by atoms with E-state index in [0.717, 1.165) is 29.8 Å². The van der Waals surface area contributed by atoms with Crippen LogP contribution in [0.3, 0.4) is 0 Å². The maximum atomic E-state index is 12.9. The summed E-state index contributed by atoms with van der Waals surface area (Å²) in [6.07, 6.45) is -1.61. The van der Waals surface area contributed by atoms with Crippen molar-refractivity contribution < 1.29 is 23.0 Å². The highest BCUT2D eigenvalue weighted by Gasteiger charge is 2.51. The zero-order valence-electron chi connectivity index (χ0n) is 17.4. The summed E-state index contributed by atoms with van der Waals surface area (Å²) in [6, 6.07) is 20.9. The van der Waals surface area contributed by atoms with Crippen molar-refractivity contribution in [1.82, 2.24) is 4.98 Å². The molecule has 0 unspecified atom stereocenters. The zero-order chi connectivity index (χ0) is 22.1. The summed E-state index contributed by atoms with van der Waals surface area (Å²) in [4.78, 5) is 16.3. The Morgan fingerprint density at radius 2 is 1.68 bits per heavy atom. The monoisotopic (exact) mass is 423 g/mol. The molecule has 0 saturated heterocycles. The highest BCUT2D eigenvalue weighted by Crippen LogP contribution is 2.52. The topological polar surface area (TPSA) is 48.4 Å². The Morgan fingerprint density at radius 1 is 0.968 bits per heavy atom. The van der Waals surface area contributed by atoms with Gasteiger partial charge in [-0.25, -0.2) is 0 Å². The Morgan fingerprint density at radius 3 is 2.32 bits per heavy atom. The van der Waals surface area contributed by atoms with Gasteiger partial charge in [-0.05, 0) is 49.6 Å². The summed E-state index contributed by atoms with van der Waals surface area (Å²) < 4.78 is 34.5. The molecule has 1 fully saturated rings. The number of hydrogen-bond acceptors (Lipinski definition) is 4. The van der Waals surface area contributed by atoms with Gasteiger partial charge in [0.2, 0.25) is 0 Å². The molecule has 4 nitrogen and oxygen atoms in total. The van der Waals surface area contributed by atoms with Crippen LogP contribution < -0.4 is 9.47 Å². The molecule has 6 heteroatoms. The van der Waals surface area contributed by atoms with E-state index in [0.29, 0.717) is 6.42 Å². The maximum absolute atomic E-state index is 12.9. The van der Waals surface area contributed by atoms with Gasteiger partial charge in [0.1, 0.15) is 5.78 Å². The minimum absolute atomic E-state index is 0.00711. The summed E-state index contributed by atoms with van der Waals surface area (Å²) in [5.74, 6) is 0.171. The minimum Gasteiger partial charge on any atom is -0.395 e. The van der Waals surface area contributed by atoms with E-state index in [1.54, 1.807) is 6.07 Å².